The number of rotatable bonds is 37. The van der Waals surface area contributed by atoms with Crippen LogP contribution in [0.5, 0.6) is 0 Å². The van der Waals surface area contributed by atoms with Gasteiger partial charge in [0.1, 0.15) is 6.61 Å². The highest BCUT2D eigenvalue weighted by atomic mass is 31.2. The molecule has 3 N–H and O–H groups in total. The Morgan fingerprint density at radius 3 is 1.62 bits per heavy atom. The highest BCUT2D eigenvalue weighted by Gasteiger charge is 2.25. The van der Waals surface area contributed by atoms with Gasteiger partial charge in [0, 0.05) is 19.4 Å². The normalized spacial score (nSPS) is 13.8. The van der Waals surface area contributed by atoms with E-state index >= 15 is 0 Å². The Balaban J connectivity index is 4.22. The number of phosphoric ester groups is 1. The molecule has 0 aliphatic carbocycles. The van der Waals surface area contributed by atoms with Gasteiger partial charge in [-0.2, -0.15) is 0 Å². The van der Waals surface area contributed by atoms with Crippen molar-refractivity contribution in [1.82, 2.24) is 0 Å². The van der Waals surface area contributed by atoms with Crippen LogP contribution >= 0.6 is 7.82 Å². The predicted octanol–water partition coefficient (Wildman–Crippen LogP) is 11.0. The second kappa shape index (κ2) is 37.0. The number of ether oxygens (including phenoxy) is 2. The number of phosphoric acid groups is 1. The number of allylic oxidation sites excluding steroid dienone is 6. The van der Waals surface area contributed by atoms with E-state index in [9.17, 15) is 19.0 Å². The largest absolute Gasteiger partial charge is 0.472 e. The lowest BCUT2D eigenvalue weighted by Gasteiger charge is -2.19. The lowest BCUT2D eigenvalue weighted by atomic mass is 10.1. The Bertz CT molecular complexity index is 923. The fourth-order valence-electron chi connectivity index (χ4n) is 5.25. The second-order valence-electron chi connectivity index (χ2n) is 13.1. The number of carbonyl (C=O) groups excluding carboxylic acids is 2. The minimum Gasteiger partial charge on any atom is -0.462 e. The fourth-order valence-corrected chi connectivity index (χ4v) is 6.02. The van der Waals surface area contributed by atoms with Crippen LogP contribution in [0, 0.1) is 0 Å². The van der Waals surface area contributed by atoms with Gasteiger partial charge in [-0.1, -0.05) is 134 Å². The third kappa shape index (κ3) is 36.0. The zero-order valence-corrected chi connectivity index (χ0v) is 32.8. The molecule has 0 rings (SSSR count). The Labute approximate surface area is 305 Å². The summed E-state index contributed by atoms with van der Waals surface area (Å²) in [6.45, 7) is 3.63. The van der Waals surface area contributed by atoms with Crippen molar-refractivity contribution >= 4 is 19.8 Å². The predicted molar refractivity (Wildman–Crippen MR) is 206 cm³/mol. The van der Waals surface area contributed by atoms with Gasteiger partial charge in [0.2, 0.25) is 0 Å². The fraction of sp³-hybridized carbons (Fsp3) is 0.800. The standard InChI is InChI=1S/C40H74NO8P/c1-3-5-7-9-11-13-15-17-18-19-21-22-24-26-28-30-32-39(42)46-36-38(37-48-50(44,45)47-35-34-41)49-40(43)33-31-29-27-25-23-20-16-14-12-10-8-6-4-2/h8,10,14,16,18-19,38H,3-7,9,11-13,15,17,20-37,41H2,1-2H3,(H,44,45)/b10-8-,16-14-,19-18-. The molecule has 0 aromatic carbocycles. The number of carbonyl (C=O) groups is 2. The van der Waals surface area contributed by atoms with Crippen LogP contribution in [-0.2, 0) is 32.7 Å². The average molecular weight is 728 g/mol. The summed E-state index contributed by atoms with van der Waals surface area (Å²) in [5.41, 5.74) is 5.33. The maximum Gasteiger partial charge on any atom is 0.472 e. The summed E-state index contributed by atoms with van der Waals surface area (Å²) < 4.78 is 32.7. The minimum atomic E-state index is -4.38. The molecule has 2 unspecified atom stereocenters. The van der Waals surface area contributed by atoms with E-state index in [2.05, 4.69) is 50.3 Å². The van der Waals surface area contributed by atoms with Crippen LogP contribution in [0.4, 0.5) is 0 Å². The smallest absolute Gasteiger partial charge is 0.462 e. The van der Waals surface area contributed by atoms with Gasteiger partial charge in [0.05, 0.1) is 13.2 Å². The van der Waals surface area contributed by atoms with Crippen molar-refractivity contribution in [2.24, 2.45) is 5.73 Å². The molecule has 9 nitrogen and oxygen atoms in total. The first kappa shape index (κ1) is 48.2. The third-order valence-corrected chi connectivity index (χ3v) is 9.21. The van der Waals surface area contributed by atoms with Gasteiger partial charge in [0.25, 0.3) is 0 Å². The Kier molecular flexibility index (Phi) is 35.7. The lowest BCUT2D eigenvalue weighted by Crippen LogP contribution is -2.29. The van der Waals surface area contributed by atoms with Gasteiger partial charge in [0.15, 0.2) is 6.10 Å². The zero-order chi connectivity index (χ0) is 36.8. The van der Waals surface area contributed by atoms with Crippen molar-refractivity contribution in [3.05, 3.63) is 36.5 Å². The van der Waals surface area contributed by atoms with Gasteiger partial charge in [-0.25, -0.2) is 4.57 Å². The molecule has 0 aliphatic rings. The van der Waals surface area contributed by atoms with E-state index in [-0.39, 0.29) is 32.6 Å². The molecule has 2 atom stereocenters. The number of hydrogen-bond acceptors (Lipinski definition) is 8. The molecular formula is C40H74NO8P. The maximum absolute atomic E-state index is 12.5. The Hall–Kier alpha value is -1.77. The Morgan fingerprint density at radius 1 is 0.600 bits per heavy atom. The summed E-state index contributed by atoms with van der Waals surface area (Å²) in [7, 11) is -4.38. The van der Waals surface area contributed by atoms with E-state index < -0.39 is 32.5 Å². The van der Waals surface area contributed by atoms with Gasteiger partial charge in [-0.05, 0) is 64.2 Å². The quantitative estimate of drug-likeness (QED) is 0.0277. The summed E-state index contributed by atoms with van der Waals surface area (Å²) in [5.74, 6) is -0.856. The van der Waals surface area contributed by atoms with Gasteiger partial charge < -0.3 is 20.1 Å². The van der Waals surface area contributed by atoms with Crippen molar-refractivity contribution in [2.75, 3.05) is 26.4 Å². The summed E-state index contributed by atoms with van der Waals surface area (Å²) in [6, 6.07) is 0. The van der Waals surface area contributed by atoms with Crippen molar-refractivity contribution in [3.8, 4) is 0 Å². The Morgan fingerprint density at radius 2 is 1.08 bits per heavy atom. The van der Waals surface area contributed by atoms with Crippen LogP contribution < -0.4 is 5.73 Å². The molecule has 0 radical (unpaired) electrons. The van der Waals surface area contributed by atoms with E-state index in [0.717, 1.165) is 83.5 Å². The molecule has 0 saturated carbocycles. The number of hydrogen-bond donors (Lipinski definition) is 2. The molecule has 0 aromatic rings. The van der Waals surface area contributed by atoms with E-state index in [1.807, 2.05) is 0 Å². The molecule has 0 bridgehead atoms. The van der Waals surface area contributed by atoms with Crippen molar-refractivity contribution in [2.45, 2.75) is 180 Å². The molecule has 0 saturated heterocycles. The van der Waals surface area contributed by atoms with Gasteiger partial charge >= 0.3 is 19.8 Å². The molecule has 0 spiro atoms. The van der Waals surface area contributed by atoms with Gasteiger partial charge in [-0.15, -0.1) is 0 Å². The summed E-state index contributed by atoms with van der Waals surface area (Å²) in [6.07, 6.45) is 38.9. The molecule has 0 heterocycles. The van der Waals surface area contributed by atoms with Crippen LogP contribution in [0.15, 0.2) is 36.5 Å². The summed E-state index contributed by atoms with van der Waals surface area (Å²) in [5, 5.41) is 0. The van der Waals surface area contributed by atoms with Crippen molar-refractivity contribution < 1.29 is 37.6 Å². The number of esters is 2. The summed E-state index contributed by atoms with van der Waals surface area (Å²) in [4.78, 5) is 34.7. The van der Waals surface area contributed by atoms with Crippen LogP contribution in [0.1, 0.15) is 174 Å². The van der Waals surface area contributed by atoms with Crippen molar-refractivity contribution in [3.63, 3.8) is 0 Å². The van der Waals surface area contributed by atoms with Crippen molar-refractivity contribution in [1.29, 1.82) is 0 Å². The first-order valence-corrected chi connectivity index (χ1v) is 21.5. The molecule has 0 fully saturated rings. The third-order valence-electron chi connectivity index (χ3n) is 8.23. The molecule has 0 aliphatic heterocycles. The first-order chi connectivity index (χ1) is 24.3. The second-order valence-corrected chi connectivity index (χ2v) is 14.6. The topological polar surface area (TPSA) is 134 Å². The van der Waals surface area contributed by atoms with E-state index in [0.29, 0.717) is 6.42 Å². The van der Waals surface area contributed by atoms with E-state index in [4.69, 9.17) is 24.3 Å². The highest BCUT2D eigenvalue weighted by Crippen LogP contribution is 2.43. The van der Waals surface area contributed by atoms with Crippen LogP contribution in [0.25, 0.3) is 0 Å². The zero-order valence-electron chi connectivity index (χ0n) is 31.9. The minimum absolute atomic E-state index is 0.0494. The number of nitrogens with two attached hydrogens (primary N) is 1. The van der Waals surface area contributed by atoms with Crippen LogP contribution in [0.2, 0.25) is 0 Å². The molecule has 0 amide bonds. The average Bonchev–Trinajstić information content (AvgIpc) is 3.10. The molecule has 50 heavy (non-hydrogen) atoms. The molecule has 0 aromatic heterocycles. The summed E-state index contributed by atoms with van der Waals surface area (Å²) >= 11 is 0. The maximum atomic E-state index is 12.5. The highest BCUT2D eigenvalue weighted by molar-refractivity contribution is 7.47. The lowest BCUT2D eigenvalue weighted by molar-refractivity contribution is -0.161. The monoisotopic (exact) mass is 728 g/mol. The SMILES string of the molecule is CCC/C=C\C/C=C\CCCCCCCC(=O)OC(COC(=O)CCCCCCC/C=C\CCCCCCCCC)COP(=O)(O)OCCN. The van der Waals surface area contributed by atoms with Crippen LogP contribution in [0.3, 0.4) is 0 Å². The van der Waals surface area contributed by atoms with E-state index in [1.54, 1.807) is 0 Å². The van der Waals surface area contributed by atoms with Gasteiger partial charge in [-0.3, -0.25) is 18.6 Å². The number of unbranched alkanes of at least 4 members (excludes halogenated alkanes) is 18. The molecular weight excluding hydrogens is 653 g/mol. The molecule has 10 heteroatoms. The first-order valence-electron chi connectivity index (χ1n) is 20.0. The van der Waals surface area contributed by atoms with E-state index in [1.165, 1.54) is 57.8 Å². The molecule has 292 valence electrons. The van der Waals surface area contributed by atoms with Crippen LogP contribution in [-0.4, -0.2) is 49.3 Å².